The zero-order valence-corrected chi connectivity index (χ0v) is 19.9. The van der Waals surface area contributed by atoms with Gasteiger partial charge in [0.1, 0.15) is 16.9 Å². The van der Waals surface area contributed by atoms with E-state index in [1.807, 2.05) is 0 Å². The van der Waals surface area contributed by atoms with Gasteiger partial charge in [-0.3, -0.25) is 4.79 Å². The van der Waals surface area contributed by atoms with Crippen molar-refractivity contribution in [1.29, 1.82) is 5.26 Å². The number of rotatable bonds is 7. The molecule has 0 radical (unpaired) electrons. The Labute approximate surface area is 192 Å². The molecule has 0 spiro atoms. The Bertz CT molecular complexity index is 952. The molecule has 1 N–H and O–H groups in total. The second kappa shape index (κ2) is 10.6. The normalized spacial score (nSPS) is 17.0. The maximum atomic E-state index is 12.7. The van der Waals surface area contributed by atoms with Crippen molar-refractivity contribution in [2.45, 2.75) is 89.3 Å². The number of amides is 1. The van der Waals surface area contributed by atoms with Gasteiger partial charge >= 0.3 is 0 Å². The molecule has 0 bridgehead atoms. The number of aryl methyl sites for hydroxylation is 1. The molecular weight excluding hydrogens is 426 g/mol. The number of hydrogen-bond acceptors (Lipinski definition) is 6. The predicted molar refractivity (Wildman–Crippen MR) is 126 cm³/mol. The standard InChI is InChI=1S/C23H31N5OS2/c1-2-28-20(13-16-9-5-3-6-10-16)26-27-23(28)30-15-21(29)25-22-18(14-24)17-11-7-4-8-12-19(17)31-22/h16H,2-13,15H2,1H3,(H,25,29). The lowest BCUT2D eigenvalue weighted by molar-refractivity contribution is -0.113. The number of aromatic nitrogens is 3. The summed E-state index contributed by atoms with van der Waals surface area (Å²) in [5, 5.41) is 23.0. The molecule has 1 saturated carbocycles. The van der Waals surface area contributed by atoms with Crippen LogP contribution in [0, 0.1) is 17.2 Å². The average Bonchev–Trinajstić information content (AvgIpc) is 3.23. The Kier molecular flexibility index (Phi) is 7.67. The fraction of sp³-hybridized carbons (Fsp3) is 0.652. The lowest BCUT2D eigenvalue weighted by atomic mass is 9.87. The summed E-state index contributed by atoms with van der Waals surface area (Å²) in [7, 11) is 0. The quantitative estimate of drug-likeness (QED) is 0.447. The van der Waals surface area contributed by atoms with Crippen molar-refractivity contribution in [2.24, 2.45) is 5.92 Å². The first-order valence-electron chi connectivity index (χ1n) is 11.6. The van der Waals surface area contributed by atoms with Crippen molar-refractivity contribution in [3.05, 3.63) is 21.8 Å². The number of carbonyl (C=O) groups excluding carboxylic acids is 1. The smallest absolute Gasteiger partial charge is 0.235 e. The van der Waals surface area contributed by atoms with E-state index < -0.39 is 0 Å². The molecular formula is C23H31N5OS2. The van der Waals surface area contributed by atoms with E-state index in [1.165, 1.54) is 55.2 Å². The zero-order valence-electron chi connectivity index (χ0n) is 18.3. The van der Waals surface area contributed by atoms with E-state index in [4.69, 9.17) is 0 Å². The van der Waals surface area contributed by atoms with E-state index in [0.29, 0.717) is 11.5 Å². The van der Waals surface area contributed by atoms with Gasteiger partial charge in [0.05, 0.1) is 11.3 Å². The van der Waals surface area contributed by atoms with Gasteiger partial charge in [0.2, 0.25) is 5.91 Å². The SMILES string of the molecule is CCn1c(CC2CCCCC2)nnc1SCC(=O)Nc1sc2c(c1C#N)CCCCC2. The number of hydrogen-bond donors (Lipinski definition) is 1. The molecule has 2 aromatic heterocycles. The topological polar surface area (TPSA) is 83.6 Å². The lowest BCUT2D eigenvalue weighted by Crippen LogP contribution is -2.15. The van der Waals surface area contributed by atoms with Crippen LogP contribution in [-0.4, -0.2) is 26.4 Å². The van der Waals surface area contributed by atoms with Crippen molar-refractivity contribution >= 4 is 34.0 Å². The Morgan fingerprint density at radius 1 is 1.19 bits per heavy atom. The third kappa shape index (κ3) is 5.32. The van der Waals surface area contributed by atoms with Crippen LogP contribution in [0.25, 0.3) is 0 Å². The minimum atomic E-state index is -0.0857. The van der Waals surface area contributed by atoms with Crippen molar-refractivity contribution in [3.63, 3.8) is 0 Å². The number of nitriles is 1. The van der Waals surface area contributed by atoms with Gasteiger partial charge in [-0.25, -0.2) is 0 Å². The molecule has 1 amide bonds. The molecule has 8 heteroatoms. The third-order valence-electron chi connectivity index (χ3n) is 6.42. The van der Waals surface area contributed by atoms with Gasteiger partial charge in [-0.1, -0.05) is 50.3 Å². The zero-order chi connectivity index (χ0) is 21.6. The Balaban J connectivity index is 1.37. The maximum absolute atomic E-state index is 12.7. The molecule has 4 rings (SSSR count). The highest BCUT2D eigenvalue weighted by molar-refractivity contribution is 7.99. The third-order valence-corrected chi connectivity index (χ3v) is 8.60. The molecule has 1 fully saturated rings. The summed E-state index contributed by atoms with van der Waals surface area (Å²) in [6.07, 6.45) is 13.0. The van der Waals surface area contributed by atoms with Crippen LogP contribution in [0.4, 0.5) is 5.00 Å². The van der Waals surface area contributed by atoms with E-state index in [-0.39, 0.29) is 11.7 Å². The molecule has 2 aromatic rings. The van der Waals surface area contributed by atoms with Crippen molar-refractivity contribution < 1.29 is 4.79 Å². The van der Waals surface area contributed by atoms with Crippen molar-refractivity contribution in [3.8, 4) is 6.07 Å². The predicted octanol–water partition coefficient (Wildman–Crippen LogP) is 5.35. The minimum absolute atomic E-state index is 0.0857. The summed E-state index contributed by atoms with van der Waals surface area (Å²) in [4.78, 5) is 13.9. The van der Waals surface area contributed by atoms with Crippen LogP contribution in [0.3, 0.4) is 0 Å². The number of thioether (sulfide) groups is 1. The van der Waals surface area contributed by atoms with Crippen LogP contribution in [0.5, 0.6) is 0 Å². The van der Waals surface area contributed by atoms with Crippen molar-refractivity contribution in [1.82, 2.24) is 14.8 Å². The summed E-state index contributed by atoms with van der Waals surface area (Å²) >= 11 is 3.02. The van der Waals surface area contributed by atoms with Gasteiger partial charge in [0.15, 0.2) is 5.16 Å². The molecule has 6 nitrogen and oxygen atoms in total. The monoisotopic (exact) mass is 457 g/mol. The number of nitrogens with one attached hydrogen (secondary N) is 1. The van der Waals surface area contributed by atoms with Crippen LogP contribution in [0.15, 0.2) is 5.16 Å². The largest absolute Gasteiger partial charge is 0.316 e. The van der Waals surface area contributed by atoms with E-state index >= 15 is 0 Å². The van der Waals surface area contributed by atoms with E-state index in [9.17, 15) is 10.1 Å². The molecule has 0 aliphatic heterocycles. The van der Waals surface area contributed by atoms with Crippen LogP contribution in [0.1, 0.15) is 80.1 Å². The highest BCUT2D eigenvalue weighted by Crippen LogP contribution is 2.37. The Morgan fingerprint density at radius 3 is 2.74 bits per heavy atom. The first kappa shape index (κ1) is 22.3. The van der Waals surface area contributed by atoms with E-state index in [0.717, 1.165) is 60.2 Å². The number of nitrogens with zero attached hydrogens (tertiary/aromatic N) is 4. The van der Waals surface area contributed by atoms with Gasteiger partial charge in [-0.2, -0.15) is 5.26 Å². The molecule has 31 heavy (non-hydrogen) atoms. The first-order valence-corrected chi connectivity index (χ1v) is 13.4. The van der Waals surface area contributed by atoms with Crippen LogP contribution >= 0.6 is 23.1 Å². The van der Waals surface area contributed by atoms with Gasteiger partial charge in [0.25, 0.3) is 0 Å². The van der Waals surface area contributed by atoms with Gasteiger partial charge in [0, 0.05) is 17.8 Å². The van der Waals surface area contributed by atoms with Crippen LogP contribution < -0.4 is 5.32 Å². The number of fused-ring (bicyclic) bond motifs is 1. The molecule has 2 heterocycles. The second-order valence-electron chi connectivity index (χ2n) is 8.57. The summed E-state index contributed by atoms with van der Waals surface area (Å²) in [5.41, 5.74) is 1.83. The molecule has 0 saturated heterocycles. The first-order chi connectivity index (χ1) is 15.2. The summed E-state index contributed by atoms with van der Waals surface area (Å²) in [5.74, 6) is 1.95. The summed E-state index contributed by atoms with van der Waals surface area (Å²) in [6, 6.07) is 2.33. The summed E-state index contributed by atoms with van der Waals surface area (Å²) in [6.45, 7) is 2.92. The van der Waals surface area contributed by atoms with E-state index in [2.05, 4.69) is 33.1 Å². The molecule has 2 aliphatic rings. The van der Waals surface area contributed by atoms with Crippen LogP contribution in [0.2, 0.25) is 0 Å². The Morgan fingerprint density at radius 2 is 1.97 bits per heavy atom. The highest BCUT2D eigenvalue weighted by atomic mass is 32.2. The maximum Gasteiger partial charge on any atom is 0.235 e. The van der Waals surface area contributed by atoms with Crippen LogP contribution in [-0.2, 0) is 30.6 Å². The number of thiophene rings is 1. The highest BCUT2D eigenvalue weighted by Gasteiger charge is 2.22. The van der Waals surface area contributed by atoms with Gasteiger partial charge in [-0.05, 0) is 44.1 Å². The number of anilines is 1. The molecule has 166 valence electrons. The average molecular weight is 458 g/mol. The minimum Gasteiger partial charge on any atom is -0.316 e. The van der Waals surface area contributed by atoms with Gasteiger partial charge in [-0.15, -0.1) is 21.5 Å². The molecule has 0 atom stereocenters. The Hall–Kier alpha value is -1.85. The van der Waals surface area contributed by atoms with Crippen molar-refractivity contribution in [2.75, 3.05) is 11.1 Å². The lowest BCUT2D eigenvalue weighted by Gasteiger charge is -2.21. The fourth-order valence-corrected chi connectivity index (χ4v) is 6.86. The molecule has 2 aliphatic carbocycles. The molecule has 0 aromatic carbocycles. The van der Waals surface area contributed by atoms with Gasteiger partial charge < -0.3 is 9.88 Å². The van der Waals surface area contributed by atoms with E-state index in [1.54, 1.807) is 11.3 Å². The fourth-order valence-electron chi connectivity index (χ4n) is 4.79. The molecule has 0 unspecified atom stereocenters. The summed E-state index contributed by atoms with van der Waals surface area (Å²) < 4.78 is 2.15. The second-order valence-corrected chi connectivity index (χ2v) is 10.6. The number of carbonyl (C=O) groups is 1.